The Labute approximate surface area is 597 Å². The molecule has 0 saturated heterocycles. The molecular formula is C79H144O17P2. The van der Waals surface area contributed by atoms with Crippen LogP contribution in [0.25, 0.3) is 0 Å². The van der Waals surface area contributed by atoms with Crippen LogP contribution in [-0.2, 0) is 65.4 Å². The molecule has 0 radical (unpaired) electrons. The molecule has 0 aromatic heterocycles. The number of esters is 4. The van der Waals surface area contributed by atoms with E-state index in [-0.39, 0.29) is 25.7 Å². The first-order valence-corrected chi connectivity index (χ1v) is 42.5. The molecule has 17 nitrogen and oxygen atoms in total. The van der Waals surface area contributed by atoms with Gasteiger partial charge in [0.25, 0.3) is 0 Å². The number of unbranched alkanes of at least 4 members (excludes halogenated alkanes) is 39. The van der Waals surface area contributed by atoms with Crippen molar-refractivity contribution in [1.29, 1.82) is 0 Å². The number of phosphoric ester groups is 2. The minimum absolute atomic E-state index is 0.0953. The molecule has 0 aliphatic carbocycles. The summed E-state index contributed by atoms with van der Waals surface area (Å²) < 4.78 is 68.5. The molecule has 0 rings (SSSR count). The Morgan fingerprint density at radius 3 is 0.827 bits per heavy atom. The van der Waals surface area contributed by atoms with Crippen molar-refractivity contribution in [3.8, 4) is 0 Å². The molecule has 19 heteroatoms. The van der Waals surface area contributed by atoms with E-state index >= 15 is 0 Å². The van der Waals surface area contributed by atoms with Gasteiger partial charge < -0.3 is 33.8 Å². The molecule has 0 aromatic rings. The molecule has 0 spiro atoms. The first-order valence-electron chi connectivity index (χ1n) is 39.5. The molecular weight excluding hydrogens is 1280 g/mol. The van der Waals surface area contributed by atoms with Crippen molar-refractivity contribution < 1.29 is 80.2 Å². The van der Waals surface area contributed by atoms with Gasteiger partial charge in [-0.2, -0.15) is 0 Å². The zero-order valence-corrected chi connectivity index (χ0v) is 64.3. The number of phosphoric acid groups is 2. The Bertz CT molecular complexity index is 2100. The topological polar surface area (TPSA) is 237 Å². The normalized spacial score (nSPS) is 14.2. The van der Waals surface area contributed by atoms with Gasteiger partial charge in [-0.15, -0.1) is 0 Å². The molecule has 0 fully saturated rings. The third-order valence-corrected chi connectivity index (χ3v) is 18.9. The van der Waals surface area contributed by atoms with Crippen LogP contribution in [0.5, 0.6) is 0 Å². The Kier molecular flexibility index (Phi) is 69.7. The highest BCUT2D eigenvalue weighted by molar-refractivity contribution is 7.47. The van der Waals surface area contributed by atoms with E-state index in [9.17, 15) is 43.2 Å². The number of carbonyl (C=O) groups is 4. The maximum atomic E-state index is 13.1. The summed E-state index contributed by atoms with van der Waals surface area (Å²) in [5.41, 5.74) is 0. The lowest BCUT2D eigenvalue weighted by Crippen LogP contribution is -2.30. The summed E-state index contributed by atoms with van der Waals surface area (Å²) >= 11 is 0. The minimum atomic E-state index is -4.97. The van der Waals surface area contributed by atoms with Crippen LogP contribution in [-0.4, -0.2) is 96.7 Å². The van der Waals surface area contributed by atoms with Crippen molar-refractivity contribution in [2.24, 2.45) is 0 Å². The summed E-state index contributed by atoms with van der Waals surface area (Å²) in [7, 11) is -9.94. The quantitative estimate of drug-likeness (QED) is 0.0169. The second-order valence-corrected chi connectivity index (χ2v) is 29.5. The van der Waals surface area contributed by atoms with Gasteiger partial charge >= 0.3 is 39.5 Å². The summed E-state index contributed by atoms with van der Waals surface area (Å²) in [6.07, 6.45) is 70.5. The third kappa shape index (κ3) is 71.2. The van der Waals surface area contributed by atoms with Crippen LogP contribution in [0.2, 0.25) is 0 Å². The predicted molar refractivity (Wildman–Crippen MR) is 400 cm³/mol. The van der Waals surface area contributed by atoms with E-state index in [0.29, 0.717) is 25.7 Å². The molecule has 572 valence electrons. The molecule has 3 N–H and O–H groups in total. The van der Waals surface area contributed by atoms with E-state index in [1.807, 2.05) is 0 Å². The number of hydrogen-bond acceptors (Lipinski definition) is 15. The Hall–Kier alpha value is -3.24. The molecule has 0 heterocycles. The van der Waals surface area contributed by atoms with E-state index in [2.05, 4.69) is 88.5 Å². The van der Waals surface area contributed by atoms with Crippen LogP contribution in [0.4, 0.5) is 0 Å². The van der Waals surface area contributed by atoms with Crippen molar-refractivity contribution in [2.45, 2.75) is 380 Å². The fourth-order valence-electron chi connectivity index (χ4n) is 11.0. The SMILES string of the molecule is CC/C=C\C/C=C\C/C=C\C/C=C\CCCCCCC(=O)OCC(COP(=O)(O)OCC(O)COP(=O)(O)OCC(COC(=O)CCCCCCC/C=C\CCCCCCCC)OC(=O)CCCCCCCCCCCCCCC)OC(=O)CCCCCCCCCCCCCCC. The van der Waals surface area contributed by atoms with Crippen LogP contribution in [0.1, 0.15) is 362 Å². The van der Waals surface area contributed by atoms with Gasteiger partial charge in [-0.1, -0.05) is 307 Å². The fraction of sp³-hybridized carbons (Fsp3) is 0.823. The van der Waals surface area contributed by atoms with Crippen LogP contribution in [0.15, 0.2) is 60.8 Å². The zero-order chi connectivity index (χ0) is 71.8. The van der Waals surface area contributed by atoms with Crippen molar-refractivity contribution >= 4 is 39.5 Å². The van der Waals surface area contributed by atoms with Crippen molar-refractivity contribution in [3.63, 3.8) is 0 Å². The molecule has 5 atom stereocenters. The average Bonchev–Trinajstić information content (AvgIpc) is 0.969. The van der Waals surface area contributed by atoms with E-state index in [0.717, 1.165) is 141 Å². The van der Waals surface area contributed by atoms with Gasteiger partial charge in [0.1, 0.15) is 19.3 Å². The van der Waals surface area contributed by atoms with E-state index in [4.69, 9.17) is 37.0 Å². The average molecular weight is 1430 g/mol. The number of ether oxygens (including phenoxy) is 4. The number of rotatable bonds is 75. The molecule has 0 aliphatic rings. The number of allylic oxidation sites excluding steroid dienone is 10. The van der Waals surface area contributed by atoms with Gasteiger partial charge in [0.2, 0.25) is 0 Å². The maximum absolute atomic E-state index is 13.1. The van der Waals surface area contributed by atoms with Crippen LogP contribution in [0, 0.1) is 0 Å². The Balaban J connectivity index is 5.32. The smallest absolute Gasteiger partial charge is 0.462 e. The standard InChI is InChI=1S/C79H144O17P2/c1-5-9-13-17-21-25-29-33-35-36-38-42-44-48-52-56-60-64-77(82)90-70-75(96-79(84)66-62-58-54-50-46-40-32-28-24-20-16-12-8-4)72-94-98(87,88)92-68-73(80)67-91-97(85,86)93-71-74(95-78(83)65-61-57-53-49-45-39-31-27-23-19-15-11-7-3)69-89-76(81)63-59-55-51-47-43-41-37-34-30-26-22-18-14-10-6-2/h9,13,21,25,33-35,37-38,42,73-75,80H,5-8,10-12,14-20,22-24,26-32,36,39-41,43-72H2,1-4H3,(H,85,86)(H,87,88)/b13-9-,25-21-,35-33-,37-34-,42-38-. The molecule has 5 unspecified atom stereocenters. The summed E-state index contributed by atoms with van der Waals surface area (Å²) in [6.45, 7) is 4.79. The first-order chi connectivity index (χ1) is 47.7. The maximum Gasteiger partial charge on any atom is 0.472 e. The molecule has 0 saturated carbocycles. The van der Waals surface area contributed by atoms with Gasteiger partial charge in [0, 0.05) is 25.7 Å². The molecule has 0 amide bonds. The zero-order valence-electron chi connectivity index (χ0n) is 62.5. The highest BCUT2D eigenvalue weighted by Crippen LogP contribution is 2.45. The van der Waals surface area contributed by atoms with Gasteiger partial charge in [-0.25, -0.2) is 9.13 Å². The van der Waals surface area contributed by atoms with E-state index in [1.54, 1.807) is 0 Å². The molecule has 98 heavy (non-hydrogen) atoms. The lowest BCUT2D eigenvalue weighted by atomic mass is 10.0. The van der Waals surface area contributed by atoms with Gasteiger partial charge in [0.15, 0.2) is 12.2 Å². The molecule has 0 bridgehead atoms. The van der Waals surface area contributed by atoms with Crippen LogP contribution in [0.3, 0.4) is 0 Å². The summed E-state index contributed by atoms with van der Waals surface area (Å²) in [5, 5.41) is 10.6. The van der Waals surface area contributed by atoms with Gasteiger partial charge in [0.05, 0.1) is 26.4 Å². The first kappa shape index (κ1) is 94.8. The lowest BCUT2D eigenvalue weighted by Gasteiger charge is -2.21. The van der Waals surface area contributed by atoms with Crippen LogP contribution >= 0.6 is 15.6 Å². The van der Waals surface area contributed by atoms with Crippen LogP contribution < -0.4 is 0 Å². The van der Waals surface area contributed by atoms with Gasteiger partial charge in [-0.3, -0.25) is 37.3 Å². The Morgan fingerprint density at radius 1 is 0.296 bits per heavy atom. The number of aliphatic hydroxyl groups excluding tert-OH is 1. The highest BCUT2D eigenvalue weighted by Gasteiger charge is 2.30. The molecule has 0 aromatic carbocycles. The second-order valence-electron chi connectivity index (χ2n) is 26.6. The Morgan fingerprint density at radius 2 is 0.531 bits per heavy atom. The predicted octanol–water partition coefficient (Wildman–Crippen LogP) is 22.7. The summed E-state index contributed by atoms with van der Waals surface area (Å²) in [5.74, 6) is -2.17. The number of hydrogen-bond donors (Lipinski definition) is 3. The second kappa shape index (κ2) is 72.1. The highest BCUT2D eigenvalue weighted by atomic mass is 31.2. The summed E-state index contributed by atoms with van der Waals surface area (Å²) in [4.78, 5) is 72.9. The van der Waals surface area contributed by atoms with Crippen molar-refractivity contribution in [1.82, 2.24) is 0 Å². The lowest BCUT2D eigenvalue weighted by molar-refractivity contribution is -0.161. The van der Waals surface area contributed by atoms with Crippen molar-refractivity contribution in [2.75, 3.05) is 39.6 Å². The van der Waals surface area contributed by atoms with E-state index < -0.39 is 97.5 Å². The number of carbonyl (C=O) groups excluding carboxylic acids is 4. The summed E-state index contributed by atoms with van der Waals surface area (Å²) in [6, 6.07) is 0. The fourth-order valence-corrected chi connectivity index (χ4v) is 12.6. The largest absolute Gasteiger partial charge is 0.472 e. The van der Waals surface area contributed by atoms with Gasteiger partial charge in [-0.05, 0) is 89.9 Å². The van der Waals surface area contributed by atoms with E-state index in [1.165, 1.54) is 141 Å². The molecule has 0 aliphatic heterocycles. The number of aliphatic hydroxyl groups is 1. The third-order valence-electron chi connectivity index (χ3n) is 17.0. The van der Waals surface area contributed by atoms with Crippen molar-refractivity contribution in [3.05, 3.63) is 60.8 Å². The monoisotopic (exact) mass is 1430 g/mol. The minimum Gasteiger partial charge on any atom is -0.462 e.